The van der Waals surface area contributed by atoms with E-state index in [0.29, 0.717) is 33.6 Å². The van der Waals surface area contributed by atoms with Crippen molar-refractivity contribution in [2.45, 2.75) is 30.5 Å². The van der Waals surface area contributed by atoms with Crippen molar-refractivity contribution < 1.29 is 0 Å². The number of para-hydroxylation sites is 1. The number of nitrogens with zero attached hydrogens (tertiary/aromatic N) is 6. The molecular formula is C21H18ClN7OS2. The first-order chi connectivity index (χ1) is 15.6. The van der Waals surface area contributed by atoms with Crippen molar-refractivity contribution in [1.82, 2.24) is 29.4 Å². The van der Waals surface area contributed by atoms with Crippen LogP contribution in [0.3, 0.4) is 0 Å². The second-order valence-corrected chi connectivity index (χ2v) is 9.62. The maximum absolute atomic E-state index is 12.8. The zero-order chi connectivity index (χ0) is 22.2. The van der Waals surface area contributed by atoms with Crippen LogP contribution in [0.15, 0.2) is 51.6 Å². The molecule has 0 aliphatic heterocycles. The Balaban J connectivity index is 1.42. The molecule has 0 atom stereocenters. The van der Waals surface area contributed by atoms with E-state index in [1.807, 2.05) is 60.7 Å². The second-order valence-electron chi connectivity index (χ2n) is 7.02. The summed E-state index contributed by atoms with van der Waals surface area (Å²) in [4.78, 5) is 12.8. The highest BCUT2D eigenvalue weighted by molar-refractivity contribution is 8.00. The molecule has 3 aromatic heterocycles. The standard InChI is InChI=1S/C21H18ClN7OS2/c1-3-28-18(30)13-7-4-5-10-16(13)29-17(24-26-20(28)29)11-31-21-27-25-19(32-21)23-15-9-6-8-14(22)12(15)2/h4-10H,3,11H2,1-2H3,(H,23,25). The number of hydrogen-bond acceptors (Lipinski definition) is 8. The second kappa shape index (κ2) is 8.53. The van der Waals surface area contributed by atoms with Crippen molar-refractivity contribution in [3.05, 3.63) is 69.2 Å². The fraction of sp³-hybridized carbons (Fsp3) is 0.190. The third-order valence-electron chi connectivity index (χ3n) is 5.13. The van der Waals surface area contributed by atoms with Gasteiger partial charge >= 0.3 is 0 Å². The van der Waals surface area contributed by atoms with Crippen LogP contribution in [0.5, 0.6) is 0 Å². The van der Waals surface area contributed by atoms with Crippen LogP contribution in [0.4, 0.5) is 10.8 Å². The summed E-state index contributed by atoms with van der Waals surface area (Å²) in [5, 5.41) is 22.5. The molecule has 0 bridgehead atoms. The minimum Gasteiger partial charge on any atom is -0.330 e. The van der Waals surface area contributed by atoms with E-state index in [1.54, 1.807) is 4.57 Å². The van der Waals surface area contributed by atoms with Gasteiger partial charge in [0.15, 0.2) is 4.34 Å². The lowest BCUT2D eigenvalue weighted by atomic mass is 10.2. The fourth-order valence-electron chi connectivity index (χ4n) is 3.50. The molecule has 0 spiro atoms. The largest absolute Gasteiger partial charge is 0.330 e. The topological polar surface area (TPSA) is 90.0 Å². The molecular weight excluding hydrogens is 466 g/mol. The molecule has 0 radical (unpaired) electrons. The van der Waals surface area contributed by atoms with Crippen LogP contribution in [-0.2, 0) is 12.3 Å². The first kappa shape index (κ1) is 20.9. The summed E-state index contributed by atoms with van der Waals surface area (Å²) >= 11 is 9.18. The number of rotatable bonds is 6. The maximum atomic E-state index is 12.8. The van der Waals surface area contributed by atoms with Gasteiger partial charge in [0.1, 0.15) is 5.82 Å². The van der Waals surface area contributed by atoms with Gasteiger partial charge in [-0.3, -0.25) is 13.8 Å². The predicted octanol–water partition coefficient (Wildman–Crippen LogP) is 4.91. The van der Waals surface area contributed by atoms with Crippen LogP contribution in [0, 0.1) is 6.92 Å². The van der Waals surface area contributed by atoms with Gasteiger partial charge < -0.3 is 5.32 Å². The van der Waals surface area contributed by atoms with Gasteiger partial charge in [0, 0.05) is 17.3 Å². The Morgan fingerprint density at radius 2 is 1.94 bits per heavy atom. The molecule has 0 amide bonds. The van der Waals surface area contributed by atoms with Gasteiger partial charge in [-0.05, 0) is 43.7 Å². The van der Waals surface area contributed by atoms with Gasteiger partial charge in [0.05, 0.1) is 16.7 Å². The third-order valence-corrected chi connectivity index (χ3v) is 7.51. The van der Waals surface area contributed by atoms with Crippen molar-refractivity contribution in [2.75, 3.05) is 5.32 Å². The van der Waals surface area contributed by atoms with E-state index in [1.165, 1.54) is 23.1 Å². The van der Waals surface area contributed by atoms with E-state index in [9.17, 15) is 4.79 Å². The Bertz CT molecular complexity index is 1510. The molecule has 32 heavy (non-hydrogen) atoms. The highest BCUT2D eigenvalue weighted by Gasteiger charge is 2.16. The van der Waals surface area contributed by atoms with Crippen molar-refractivity contribution in [1.29, 1.82) is 0 Å². The number of aromatic nitrogens is 6. The third kappa shape index (κ3) is 3.64. The summed E-state index contributed by atoms with van der Waals surface area (Å²) in [5.41, 5.74) is 2.60. The molecule has 11 heteroatoms. The molecule has 0 unspecified atom stereocenters. The lowest BCUT2D eigenvalue weighted by Gasteiger charge is -2.09. The number of halogens is 1. The van der Waals surface area contributed by atoms with Crippen molar-refractivity contribution in [2.24, 2.45) is 0 Å². The summed E-state index contributed by atoms with van der Waals surface area (Å²) in [6.07, 6.45) is 0. The highest BCUT2D eigenvalue weighted by Crippen LogP contribution is 2.32. The van der Waals surface area contributed by atoms with E-state index in [0.717, 1.165) is 26.9 Å². The maximum Gasteiger partial charge on any atom is 0.262 e. The summed E-state index contributed by atoms with van der Waals surface area (Å²) in [6, 6.07) is 13.2. The van der Waals surface area contributed by atoms with E-state index < -0.39 is 0 Å². The van der Waals surface area contributed by atoms with Crippen LogP contribution in [-0.4, -0.2) is 29.4 Å². The minimum atomic E-state index is -0.0571. The minimum absolute atomic E-state index is 0.0571. The number of benzene rings is 2. The Morgan fingerprint density at radius 3 is 2.78 bits per heavy atom. The summed E-state index contributed by atoms with van der Waals surface area (Å²) < 4.78 is 4.39. The first-order valence-electron chi connectivity index (χ1n) is 9.90. The zero-order valence-corrected chi connectivity index (χ0v) is 19.6. The molecule has 5 rings (SSSR count). The molecule has 0 aliphatic carbocycles. The quantitative estimate of drug-likeness (QED) is 0.343. The Kier molecular flexibility index (Phi) is 5.58. The van der Waals surface area contributed by atoms with Crippen molar-refractivity contribution in [3.8, 4) is 0 Å². The number of thioether (sulfide) groups is 1. The van der Waals surface area contributed by atoms with Gasteiger partial charge in [0.25, 0.3) is 5.56 Å². The summed E-state index contributed by atoms with van der Waals surface area (Å²) in [6.45, 7) is 4.40. The fourth-order valence-corrected chi connectivity index (χ4v) is 5.35. The number of fused-ring (bicyclic) bond motifs is 3. The van der Waals surface area contributed by atoms with Crippen molar-refractivity contribution in [3.63, 3.8) is 0 Å². The molecule has 1 N–H and O–H groups in total. The highest BCUT2D eigenvalue weighted by atomic mass is 35.5. The SMILES string of the molecule is CCn1c(=O)c2ccccc2n2c(CSc3nnc(Nc4cccc(Cl)c4C)s3)nnc12. The molecule has 162 valence electrons. The van der Waals surface area contributed by atoms with E-state index in [2.05, 4.69) is 25.7 Å². The molecule has 0 saturated carbocycles. The van der Waals surface area contributed by atoms with E-state index >= 15 is 0 Å². The molecule has 8 nitrogen and oxygen atoms in total. The van der Waals surface area contributed by atoms with E-state index in [4.69, 9.17) is 11.6 Å². The van der Waals surface area contributed by atoms with E-state index in [-0.39, 0.29) is 5.56 Å². The molecule has 0 saturated heterocycles. The van der Waals surface area contributed by atoms with Crippen LogP contribution in [0.25, 0.3) is 16.7 Å². The normalized spacial score (nSPS) is 11.5. The number of hydrogen-bond donors (Lipinski definition) is 1. The summed E-state index contributed by atoms with van der Waals surface area (Å²) in [7, 11) is 0. The molecule has 2 aromatic carbocycles. The molecule has 3 heterocycles. The van der Waals surface area contributed by atoms with Crippen LogP contribution in [0.2, 0.25) is 5.02 Å². The average molecular weight is 484 g/mol. The van der Waals surface area contributed by atoms with Gasteiger partial charge in [0.2, 0.25) is 10.9 Å². The molecule has 5 aromatic rings. The van der Waals surface area contributed by atoms with Gasteiger partial charge in [-0.25, -0.2) is 0 Å². The van der Waals surface area contributed by atoms with Gasteiger partial charge in [-0.1, -0.05) is 52.9 Å². The number of aryl methyl sites for hydroxylation is 1. The van der Waals surface area contributed by atoms with Crippen LogP contribution in [0.1, 0.15) is 18.3 Å². The average Bonchev–Trinajstić information content (AvgIpc) is 3.43. The molecule has 0 aliphatic rings. The zero-order valence-electron chi connectivity index (χ0n) is 17.2. The molecule has 0 fully saturated rings. The number of nitrogens with one attached hydrogen (secondary N) is 1. The number of anilines is 2. The first-order valence-corrected chi connectivity index (χ1v) is 12.1. The van der Waals surface area contributed by atoms with Crippen LogP contribution >= 0.6 is 34.7 Å². The predicted molar refractivity (Wildman–Crippen MR) is 129 cm³/mol. The Labute approximate surface area is 196 Å². The Morgan fingerprint density at radius 1 is 1.09 bits per heavy atom. The smallest absolute Gasteiger partial charge is 0.262 e. The van der Waals surface area contributed by atoms with Crippen molar-refractivity contribution >= 4 is 62.2 Å². The van der Waals surface area contributed by atoms with Gasteiger partial charge in [-0.2, -0.15) is 0 Å². The lowest BCUT2D eigenvalue weighted by molar-refractivity contribution is 0.735. The Hall–Kier alpha value is -2.95. The summed E-state index contributed by atoms with van der Waals surface area (Å²) in [5.74, 6) is 1.83. The van der Waals surface area contributed by atoms with Crippen LogP contribution < -0.4 is 10.9 Å². The monoisotopic (exact) mass is 483 g/mol. The van der Waals surface area contributed by atoms with Gasteiger partial charge in [-0.15, -0.1) is 20.4 Å². The lowest BCUT2D eigenvalue weighted by Crippen LogP contribution is -2.22.